The summed E-state index contributed by atoms with van der Waals surface area (Å²) in [5.74, 6) is 1.36. The molecular weight excluding hydrogens is 532 g/mol. The van der Waals surface area contributed by atoms with Crippen LogP contribution in [0, 0.1) is 0 Å². The van der Waals surface area contributed by atoms with Crippen molar-refractivity contribution in [1.82, 2.24) is 19.1 Å². The first kappa shape index (κ1) is 37.3. The van der Waals surface area contributed by atoms with E-state index in [1.807, 2.05) is 44.8 Å². The number of aromatic nitrogens is 4. The fourth-order valence-corrected chi connectivity index (χ4v) is 4.24. The smallest absolute Gasteiger partial charge is 0.271 e. The molecule has 0 aliphatic rings. The number of hydrogen-bond acceptors (Lipinski definition) is 9. The van der Waals surface area contributed by atoms with Crippen LogP contribution in [0.2, 0.25) is 51.4 Å². The van der Waals surface area contributed by atoms with E-state index >= 15 is 0 Å². The average molecular weight is 589 g/mol. The zero-order valence-corrected chi connectivity index (χ0v) is 28.2. The van der Waals surface area contributed by atoms with Gasteiger partial charge in [0.1, 0.15) is 13.5 Å². The second-order valence-electron chi connectivity index (χ2n) is 11.1. The molecule has 0 saturated carbocycles. The molecule has 11 nitrogen and oxygen atoms in total. The number of ether oxygens (including phenoxy) is 5. The predicted molar refractivity (Wildman–Crippen MR) is 165 cm³/mol. The molecule has 0 aliphatic carbocycles. The molecule has 0 unspecified atom stereocenters. The normalized spacial score (nSPS) is 11.6. The molecule has 228 valence electrons. The maximum absolute atomic E-state index is 5.61. The third-order valence-corrected chi connectivity index (χ3v) is 8.46. The number of nitrogen functional groups attached to an aromatic ring is 1. The molecule has 13 heteroatoms. The number of nitrogens with one attached hydrogen (secondary N) is 1. The first-order valence-corrected chi connectivity index (χ1v) is 21.2. The molecule has 0 amide bonds. The van der Waals surface area contributed by atoms with Gasteiger partial charge in [-0.3, -0.25) is 9.13 Å². The molecule has 0 aromatic carbocycles. The topological polar surface area (TPSA) is 120 Å². The molecule has 2 rings (SSSR count). The Labute approximate surface area is 238 Å². The number of imidazole rings is 2. The summed E-state index contributed by atoms with van der Waals surface area (Å²) in [7, 11) is -0.0787. The lowest BCUT2D eigenvalue weighted by Gasteiger charge is -2.15. The quantitative estimate of drug-likeness (QED) is 0.142. The number of hydrogen-bond donors (Lipinski definition) is 2. The molecule has 0 aliphatic heterocycles. The molecule has 2 aromatic heterocycles. The van der Waals surface area contributed by atoms with Crippen LogP contribution in [0.3, 0.4) is 0 Å². The van der Waals surface area contributed by atoms with Crippen molar-refractivity contribution in [3.8, 4) is 0 Å². The minimum Gasteiger partial charge on any atom is -0.369 e. The van der Waals surface area contributed by atoms with Crippen LogP contribution in [-0.4, -0.2) is 81.8 Å². The van der Waals surface area contributed by atoms with Crippen molar-refractivity contribution >= 4 is 28.0 Å². The molecule has 2 aromatic rings. The van der Waals surface area contributed by atoms with E-state index in [-0.39, 0.29) is 0 Å². The fraction of sp³-hybridized carbons (Fsp3) is 0.769. The Bertz CT molecular complexity index is 825. The summed E-state index contributed by atoms with van der Waals surface area (Å²) in [5, 5.41) is 3.01. The third-order valence-electron chi connectivity index (χ3n) is 5.05. The molecular formula is C26H56N6O5Si2. The molecule has 0 atom stereocenters. The highest BCUT2D eigenvalue weighted by Crippen LogP contribution is 2.10. The second kappa shape index (κ2) is 21.1. The van der Waals surface area contributed by atoms with E-state index in [0.29, 0.717) is 39.2 Å². The number of nitrogens with zero attached hydrogens (tertiary/aromatic N) is 4. The fourth-order valence-electron chi connectivity index (χ4n) is 2.73. The first-order valence-electron chi connectivity index (χ1n) is 13.8. The summed E-state index contributed by atoms with van der Waals surface area (Å²) in [6.07, 6.45) is 7.19. The van der Waals surface area contributed by atoms with Crippen LogP contribution < -0.4 is 11.1 Å². The van der Waals surface area contributed by atoms with Crippen LogP contribution in [0.4, 0.5) is 11.9 Å². The maximum Gasteiger partial charge on any atom is 0.271 e. The molecule has 2 heterocycles. The SMILES string of the molecule is CCOC(OCC)OCC.CNc1nccn1COCC[Si](C)(C)C.C[Si](C)(C)CCOCn1ccnc1N. The molecule has 0 bridgehead atoms. The highest BCUT2D eigenvalue weighted by molar-refractivity contribution is 6.76. The average Bonchev–Trinajstić information content (AvgIpc) is 3.48. The summed E-state index contributed by atoms with van der Waals surface area (Å²) in [5.41, 5.74) is 5.59. The van der Waals surface area contributed by atoms with Crippen molar-refractivity contribution in [2.75, 3.05) is 51.1 Å². The van der Waals surface area contributed by atoms with Crippen LogP contribution in [0.1, 0.15) is 20.8 Å². The zero-order valence-electron chi connectivity index (χ0n) is 26.2. The van der Waals surface area contributed by atoms with E-state index in [4.69, 9.17) is 29.4 Å². The Morgan fingerprint density at radius 1 is 0.769 bits per heavy atom. The first-order chi connectivity index (χ1) is 18.4. The van der Waals surface area contributed by atoms with Crippen molar-refractivity contribution < 1.29 is 23.7 Å². The van der Waals surface area contributed by atoms with Gasteiger partial charge >= 0.3 is 0 Å². The van der Waals surface area contributed by atoms with Crippen LogP contribution in [0.5, 0.6) is 0 Å². The van der Waals surface area contributed by atoms with E-state index in [1.54, 1.807) is 17.0 Å². The Morgan fingerprint density at radius 3 is 1.59 bits per heavy atom. The largest absolute Gasteiger partial charge is 0.369 e. The summed E-state index contributed by atoms with van der Waals surface area (Å²) in [6, 6.07) is 2.39. The summed E-state index contributed by atoms with van der Waals surface area (Å²) in [6.45, 7) is 23.9. The molecule has 3 N–H and O–H groups in total. The van der Waals surface area contributed by atoms with Crippen molar-refractivity contribution in [2.45, 2.75) is 92.1 Å². The van der Waals surface area contributed by atoms with E-state index < -0.39 is 22.6 Å². The number of rotatable bonds is 17. The van der Waals surface area contributed by atoms with Crippen molar-refractivity contribution in [3.63, 3.8) is 0 Å². The van der Waals surface area contributed by atoms with Crippen LogP contribution in [0.15, 0.2) is 24.8 Å². The Kier molecular flexibility index (Phi) is 20.1. The molecule has 39 heavy (non-hydrogen) atoms. The van der Waals surface area contributed by atoms with Gasteiger partial charge in [0, 0.05) is 81.0 Å². The van der Waals surface area contributed by atoms with Gasteiger partial charge in [-0.05, 0) is 32.9 Å². The van der Waals surface area contributed by atoms with Gasteiger partial charge in [0.15, 0.2) is 0 Å². The lowest BCUT2D eigenvalue weighted by Crippen LogP contribution is -2.22. The number of anilines is 2. The zero-order chi connectivity index (χ0) is 29.7. The molecule has 0 fully saturated rings. The third kappa shape index (κ3) is 20.8. The van der Waals surface area contributed by atoms with E-state index in [2.05, 4.69) is 54.6 Å². The lowest BCUT2D eigenvalue weighted by molar-refractivity contribution is -0.282. The van der Waals surface area contributed by atoms with E-state index in [9.17, 15) is 0 Å². The van der Waals surface area contributed by atoms with Crippen LogP contribution >= 0.6 is 0 Å². The maximum atomic E-state index is 5.61. The van der Waals surface area contributed by atoms with Gasteiger partial charge in [0.05, 0.1) is 0 Å². The minimum atomic E-state index is -0.974. The summed E-state index contributed by atoms with van der Waals surface area (Å²) >= 11 is 0. The highest BCUT2D eigenvalue weighted by Gasteiger charge is 2.13. The van der Waals surface area contributed by atoms with Gasteiger partial charge in [0.2, 0.25) is 11.9 Å². The van der Waals surface area contributed by atoms with Gasteiger partial charge in [-0.2, -0.15) is 0 Å². The van der Waals surface area contributed by atoms with Gasteiger partial charge in [-0.1, -0.05) is 39.3 Å². The van der Waals surface area contributed by atoms with Gasteiger partial charge in [-0.25, -0.2) is 9.97 Å². The molecule has 0 radical (unpaired) electrons. The number of nitrogens with two attached hydrogens (primary N) is 1. The Balaban J connectivity index is 0.000000568. The van der Waals surface area contributed by atoms with Gasteiger partial charge in [-0.15, -0.1) is 0 Å². The Hall–Kier alpha value is -1.75. The lowest BCUT2D eigenvalue weighted by atomic mass is 10.8. The van der Waals surface area contributed by atoms with Gasteiger partial charge in [0.25, 0.3) is 6.48 Å². The monoisotopic (exact) mass is 588 g/mol. The summed E-state index contributed by atoms with van der Waals surface area (Å²) in [4.78, 5) is 8.06. The van der Waals surface area contributed by atoms with E-state index in [0.717, 1.165) is 19.2 Å². The van der Waals surface area contributed by atoms with E-state index in [1.165, 1.54) is 12.1 Å². The van der Waals surface area contributed by atoms with Crippen molar-refractivity contribution in [2.24, 2.45) is 0 Å². The minimum absolute atomic E-state index is 0.472. The van der Waals surface area contributed by atoms with Crippen molar-refractivity contribution in [1.29, 1.82) is 0 Å². The second-order valence-corrected chi connectivity index (χ2v) is 22.3. The van der Waals surface area contributed by atoms with Gasteiger partial charge < -0.3 is 34.7 Å². The summed E-state index contributed by atoms with van der Waals surface area (Å²) < 4.78 is 30.1. The molecule has 0 spiro atoms. The van der Waals surface area contributed by atoms with Crippen molar-refractivity contribution in [3.05, 3.63) is 24.8 Å². The van der Waals surface area contributed by atoms with Crippen LogP contribution in [0.25, 0.3) is 0 Å². The molecule has 0 saturated heterocycles. The van der Waals surface area contributed by atoms with Crippen LogP contribution in [-0.2, 0) is 37.1 Å². The standard InChI is InChI=1S/C10H21N3OSi.C9H19N3OSi.C7H16O3/c1-11-10-12-5-6-13(10)9-14-7-8-15(2,3)4;1-14(2,3)7-6-13-8-12-5-4-11-9(12)10;1-4-8-7(9-5-2)10-6-3/h5-6H,7-9H2,1-4H3,(H,11,12);4-5H,6-8H2,1-3H3,(H2,10,11);7H,4-6H2,1-3H3. The Morgan fingerprint density at radius 2 is 1.21 bits per heavy atom. The predicted octanol–water partition coefficient (Wildman–Crippen LogP) is 5.39. The highest BCUT2D eigenvalue weighted by atomic mass is 28.3.